The van der Waals surface area contributed by atoms with Crippen molar-refractivity contribution in [3.8, 4) is 0 Å². The molecule has 1 aromatic heterocycles. The topological polar surface area (TPSA) is 64.4 Å². The van der Waals surface area contributed by atoms with Gasteiger partial charge < -0.3 is 15.4 Å². The number of carbonyl (C=O) groups excluding carboxylic acids is 1. The van der Waals surface area contributed by atoms with Gasteiger partial charge in [-0.2, -0.15) is 0 Å². The summed E-state index contributed by atoms with van der Waals surface area (Å²) < 4.78 is 0. The number of nitrogens with zero attached hydrogens (tertiary/aromatic N) is 1. The van der Waals surface area contributed by atoms with Crippen LogP contribution in [0.15, 0.2) is 17.2 Å². The summed E-state index contributed by atoms with van der Waals surface area (Å²) in [5, 5.41) is 19.6. The van der Waals surface area contributed by atoms with E-state index in [0.717, 1.165) is 24.3 Å². The summed E-state index contributed by atoms with van der Waals surface area (Å²) in [4.78, 5) is 16.0. The van der Waals surface area contributed by atoms with Crippen LogP contribution < -0.4 is 0 Å². The Labute approximate surface area is 154 Å². The average molecular weight is 361 g/mol. The SMILES string of the molecule is CC(=N)/C(=C(/C)O)c1cc(C(=O)N2CC3(C)CC2CC(C)(C)C3)cs1. The quantitative estimate of drug-likeness (QED) is 0.580. The predicted molar refractivity (Wildman–Crippen MR) is 104 cm³/mol. The Bertz CT molecular complexity index is 758. The smallest absolute Gasteiger partial charge is 0.254 e. The van der Waals surface area contributed by atoms with Gasteiger partial charge in [-0.25, -0.2) is 0 Å². The van der Waals surface area contributed by atoms with Gasteiger partial charge in [0.15, 0.2) is 0 Å². The van der Waals surface area contributed by atoms with E-state index >= 15 is 0 Å². The maximum absolute atomic E-state index is 13.1. The highest BCUT2D eigenvalue weighted by molar-refractivity contribution is 7.11. The van der Waals surface area contributed by atoms with Crippen molar-refractivity contribution < 1.29 is 9.90 Å². The highest BCUT2D eigenvalue weighted by atomic mass is 32.1. The van der Waals surface area contributed by atoms with Gasteiger partial charge in [-0.05, 0) is 50.0 Å². The number of rotatable bonds is 3. The number of hydrogen-bond donors (Lipinski definition) is 2. The Hall–Kier alpha value is -1.62. The fourth-order valence-corrected chi connectivity index (χ4v) is 6.11. The van der Waals surface area contributed by atoms with Crippen molar-refractivity contribution in [1.29, 1.82) is 5.41 Å². The van der Waals surface area contributed by atoms with Gasteiger partial charge in [0.05, 0.1) is 11.3 Å². The normalized spacial score (nSPS) is 28.7. The average Bonchev–Trinajstić information content (AvgIpc) is 2.99. The van der Waals surface area contributed by atoms with Gasteiger partial charge in [0, 0.05) is 34.1 Å². The third-order valence-corrected chi connectivity index (χ3v) is 6.45. The third kappa shape index (κ3) is 3.39. The van der Waals surface area contributed by atoms with E-state index in [1.54, 1.807) is 13.8 Å². The number of amides is 1. The number of fused-ring (bicyclic) bond motifs is 2. The van der Waals surface area contributed by atoms with E-state index in [1.807, 2.05) is 11.4 Å². The Morgan fingerprint density at radius 2 is 2.00 bits per heavy atom. The zero-order chi connectivity index (χ0) is 18.6. The molecule has 0 radical (unpaired) electrons. The third-order valence-electron chi connectivity index (χ3n) is 5.51. The molecule has 1 aromatic rings. The van der Waals surface area contributed by atoms with Crippen LogP contribution >= 0.6 is 11.3 Å². The zero-order valence-electron chi connectivity index (χ0n) is 15.8. The summed E-state index contributed by atoms with van der Waals surface area (Å²) in [7, 11) is 0. The molecule has 2 heterocycles. The molecule has 2 aliphatic rings. The number of hydrogen-bond acceptors (Lipinski definition) is 4. The second-order valence-electron chi connectivity index (χ2n) is 8.93. The summed E-state index contributed by atoms with van der Waals surface area (Å²) in [6, 6.07) is 2.15. The molecule has 2 fully saturated rings. The second-order valence-corrected chi connectivity index (χ2v) is 9.84. The number of aliphatic hydroxyl groups is 1. The van der Waals surface area contributed by atoms with Crippen LogP contribution in [-0.2, 0) is 0 Å². The monoisotopic (exact) mass is 360 g/mol. The molecule has 5 heteroatoms. The van der Waals surface area contributed by atoms with Crippen LogP contribution in [0.1, 0.15) is 69.1 Å². The molecule has 2 bridgehead atoms. The summed E-state index contributed by atoms with van der Waals surface area (Å²) in [5.74, 6) is 0.214. The lowest BCUT2D eigenvalue weighted by molar-refractivity contribution is 0.0708. The maximum Gasteiger partial charge on any atom is 0.254 e. The molecule has 4 nitrogen and oxygen atoms in total. The van der Waals surface area contributed by atoms with Gasteiger partial charge in [0.1, 0.15) is 0 Å². The number of likely N-dealkylation sites (tertiary alicyclic amines) is 1. The molecule has 1 saturated carbocycles. The fourth-order valence-electron chi connectivity index (χ4n) is 5.08. The Kier molecular flexibility index (Phi) is 4.34. The maximum atomic E-state index is 13.1. The van der Waals surface area contributed by atoms with Gasteiger partial charge in [-0.1, -0.05) is 20.8 Å². The molecule has 0 spiro atoms. The summed E-state index contributed by atoms with van der Waals surface area (Å²) in [5.41, 5.74) is 2.02. The van der Waals surface area contributed by atoms with E-state index in [4.69, 9.17) is 5.41 Å². The Balaban J connectivity index is 1.86. The molecule has 1 aliphatic heterocycles. The highest BCUT2D eigenvalue weighted by Crippen LogP contribution is 2.52. The fraction of sp³-hybridized carbons (Fsp3) is 0.600. The molecule has 3 rings (SSSR count). The largest absolute Gasteiger partial charge is 0.512 e. The molecule has 2 N–H and O–H groups in total. The highest BCUT2D eigenvalue weighted by Gasteiger charge is 2.51. The number of carbonyl (C=O) groups is 1. The number of nitrogens with one attached hydrogen (secondary N) is 1. The van der Waals surface area contributed by atoms with Gasteiger partial charge >= 0.3 is 0 Å². The van der Waals surface area contributed by atoms with Crippen molar-refractivity contribution in [3.63, 3.8) is 0 Å². The molecule has 0 aromatic carbocycles. The minimum Gasteiger partial charge on any atom is -0.512 e. The number of allylic oxidation sites excluding steroid dienone is 2. The first kappa shape index (κ1) is 18.2. The van der Waals surface area contributed by atoms with Crippen molar-refractivity contribution in [3.05, 3.63) is 27.6 Å². The second kappa shape index (κ2) is 5.97. The first-order valence-electron chi connectivity index (χ1n) is 8.87. The van der Waals surface area contributed by atoms with Crippen LogP contribution in [0.3, 0.4) is 0 Å². The molecule has 1 amide bonds. The number of aliphatic hydroxyl groups excluding tert-OH is 1. The zero-order valence-corrected chi connectivity index (χ0v) is 16.6. The first-order chi connectivity index (χ1) is 11.5. The van der Waals surface area contributed by atoms with Gasteiger partial charge in [-0.15, -0.1) is 11.3 Å². The van der Waals surface area contributed by atoms with E-state index in [9.17, 15) is 9.90 Å². The van der Waals surface area contributed by atoms with Crippen molar-refractivity contribution >= 4 is 28.5 Å². The lowest BCUT2D eigenvalue weighted by Gasteiger charge is -2.39. The lowest BCUT2D eigenvalue weighted by Crippen LogP contribution is -2.37. The van der Waals surface area contributed by atoms with Gasteiger partial charge in [-0.3, -0.25) is 4.79 Å². The van der Waals surface area contributed by atoms with Gasteiger partial charge in [0.25, 0.3) is 5.91 Å². The van der Waals surface area contributed by atoms with Crippen molar-refractivity contribution in [2.24, 2.45) is 10.8 Å². The molecule has 25 heavy (non-hydrogen) atoms. The molecule has 2 unspecified atom stereocenters. The van der Waals surface area contributed by atoms with Crippen LogP contribution in [-0.4, -0.2) is 34.2 Å². The first-order valence-corrected chi connectivity index (χ1v) is 9.75. The molecular weight excluding hydrogens is 332 g/mol. The Morgan fingerprint density at radius 1 is 1.32 bits per heavy atom. The molecular formula is C20H28N2O2S. The molecule has 2 atom stereocenters. The molecule has 1 saturated heterocycles. The van der Waals surface area contributed by atoms with Gasteiger partial charge in [0.2, 0.25) is 0 Å². The van der Waals surface area contributed by atoms with Crippen LogP contribution in [0.5, 0.6) is 0 Å². The lowest BCUT2D eigenvalue weighted by atomic mass is 9.65. The van der Waals surface area contributed by atoms with Crippen LogP contribution in [0.2, 0.25) is 0 Å². The van der Waals surface area contributed by atoms with E-state index in [2.05, 4.69) is 25.7 Å². The van der Waals surface area contributed by atoms with E-state index < -0.39 is 0 Å². The summed E-state index contributed by atoms with van der Waals surface area (Å²) in [6.45, 7) is 11.0. The standard InChI is InChI=1S/C20H28N2O2S/c1-12(21)17(13(2)23)16-6-14(9-25-16)18(24)22-11-20(5)8-15(22)7-19(3,4)10-20/h6,9,15,21,23H,7-8,10-11H2,1-5H3/b17-13+,21-12?. The molecule has 1 aliphatic carbocycles. The molecule has 136 valence electrons. The summed E-state index contributed by atoms with van der Waals surface area (Å²) in [6.07, 6.45) is 3.32. The van der Waals surface area contributed by atoms with Crippen LogP contribution in [0, 0.1) is 16.2 Å². The van der Waals surface area contributed by atoms with Crippen molar-refractivity contribution in [1.82, 2.24) is 4.90 Å². The minimum atomic E-state index is 0.0894. The van der Waals surface area contributed by atoms with E-state index in [0.29, 0.717) is 22.9 Å². The van der Waals surface area contributed by atoms with E-state index in [1.165, 1.54) is 17.8 Å². The summed E-state index contributed by atoms with van der Waals surface area (Å²) >= 11 is 1.42. The Morgan fingerprint density at radius 3 is 2.60 bits per heavy atom. The van der Waals surface area contributed by atoms with Crippen LogP contribution in [0.25, 0.3) is 5.57 Å². The minimum absolute atomic E-state index is 0.0894. The van der Waals surface area contributed by atoms with Crippen molar-refractivity contribution in [2.75, 3.05) is 6.54 Å². The van der Waals surface area contributed by atoms with E-state index in [-0.39, 0.29) is 22.5 Å². The predicted octanol–water partition coefficient (Wildman–Crippen LogP) is 5.12. The number of thiophene rings is 1. The van der Waals surface area contributed by atoms with Crippen molar-refractivity contribution in [2.45, 2.75) is 59.9 Å². The van der Waals surface area contributed by atoms with Crippen LogP contribution in [0.4, 0.5) is 0 Å².